The van der Waals surface area contributed by atoms with Crippen molar-refractivity contribution < 1.29 is 33.8 Å². The van der Waals surface area contributed by atoms with E-state index >= 15 is 0 Å². The number of carbonyl (C=O) groups is 3. The van der Waals surface area contributed by atoms with Crippen LogP contribution in [0.1, 0.15) is 102 Å². The smallest absolute Gasteiger partial charge is 0.276 e. The molecule has 216 valence electrons. The maximum absolute atomic E-state index is 13.4. The standard InChI is InChI=1S/C25H48N4O8/c1-13-19(26(16-30)35-22(4,5)6)25(29(33)34,20(14-2)27(17-31)36-23(7,8)9)21(15-3)28(18-32)37-24(10,11)12/h16-21H,13-15H2,1-12H3. The van der Waals surface area contributed by atoms with Crippen molar-refractivity contribution in [3.05, 3.63) is 10.1 Å². The fourth-order valence-corrected chi connectivity index (χ4v) is 4.59. The van der Waals surface area contributed by atoms with Gasteiger partial charge in [-0.25, -0.2) is 15.2 Å². The summed E-state index contributed by atoms with van der Waals surface area (Å²) in [5.74, 6) is 0. The van der Waals surface area contributed by atoms with Crippen molar-refractivity contribution in [2.45, 2.75) is 143 Å². The lowest BCUT2D eigenvalue weighted by atomic mass is 9.73. The molecule has 0 N–H and O–H groups in total. The molecule has 0 saturated carbocycles. The largest absolute Gasteiger partial charge is 0.289 e. The van der Waals surface area contributed by atoms with Crippen LogP contribution in [0.2, 0.25) is 0 Å². The van der Waals surface area contributed by atoms with Gasteiger partial charge in [-0.3, -0.25) is 39.0 Å². The van der Waals surface area contributed by atoms with Crippen molar-refractivity contribution in [2.75, 3.05) is 0 Å². The van der Waals surface area contributed by atoms with Crippen LogP contribution in [0.25, 0.3) is 0 Å². The molecule has 0 aliphatic heterocycles. The molecule has 0 spiro atoms. The Morgan fingerprint density at radius 1 is 0.622 bits per heavy atom. The highest BCUT2D eigenvalue weighted by atomic mass is 16.7. The third kappa shape index (κ3) is 9.19. The lowest BCUT2D eigenvalue weighted by molar-refractivity contribution is -0.608. The summed E-state index contributed by atoms with van der Waals surface area (Å²) in [7, 11) is 0. The normalized spacial score (nSPS) is 16.6. The minimum atomic E-state index is -2.19. The van der Waals surface area contributed by atoms with Crippen molar-refractivity contribution in [3.8, 4) is 0 Å². The molecule has 0 bridgehead atoms. The third-order valence-corrected chi connectivity index (χ3v) is 5.45. The monoisotopic (exact) mass is 532 g/mol. The Morgan fingerprint density at radius 3 is 0.946 bits per heavy atom. The molecule has 0 aliphatic carbocycles. The molecular formula is C25H48N4O8. The number of carbonyl (C=O) groups excluding carboxylic acids is 3. The fourth-order valence-electron chi connectivity index (χ4n) is 4.59. The molecule has 0 radical (unpaired) electrons. The van der Waals surface area contributed by atoms with Gasteiger partial charge in [-0.05, 0) is 81.6 Å². The van der Waals surface area contributed by atoms with Crippen LogP contribution < -0.4 is 0 Å². The van der Waals surface area contributed by atoms with Gasteiger partial charge in [-0.15, -0.1) is 0 Å². The van der Waals surface area contributed by atoms with Crippen LogP contribution in [-0.4, -0.2) is 79.8 Å². The van der Waals surface area contributed by atoms with Crippen LogP contribution in [0.5, 0.6) is 0 Å². The van der Waals surface area contributed by atoms with Gasteiger partial charge in [0.05, 0.1) is 16.8 Å². The topological polar surface area (TPSA) is 132 Å². The van der Waals surface area contributed by atoms with E-state index in [4.69, 9.17) is 14.5 Å². The molecule has 0 aliphatic rings. The van der Waals surface area contributed by atoms with Crippen molar-refractivity contribution in [1.82, 2.24) is 15.2 Å². The molecule has 3 amide bonds. The van der Waals surface area contributed by atoms with Gasteiger partial charge < -0.3 is 0 Å². The average molecular weight is 533 g/mol. The number of hydrogen-bond donors (Lipinski definition) is 0. The fraction of sp³-hybridized carbons (Fsp3) is 0.880. The molecule has 0 aromatic rings. The van der Waals surface area contributed by atoms with Gasteiger partial charge in [-0.2, -0.15) is 0 Å². The highest BCUT2D eigenvalue weighted by Gasteiger charge is 2.67. The maximum atomic E-state index is 13.4. The molecule has 0 aromatic heterocycles. The minimum absolute atomic E-state index is 0.0627. The van der Waals surface area contributed by atoms with Crippen molar-refractivity contribution in [2.24, 2.45) is 0 Å². The Balaban J connectivity index is 7.65. The summed E-state index contributed by atoms with van der Waals surface area (Å²) in [4.78, 5) is 67.6. The number of hydrogen-bond acceptors (Lipinski definition) is 8. The molecule has 3 unspecified atom stereocenters. The molecule has 0 heterocycles. The van der Waals surface area contributed by atoms with E-state index in [0.29, 0.717) is 19.2 Å². The minimum Gasteiger partial charge on any atom is -0.276 e. The van der Waals surface area contributed by atoms with E-state index < -0.39 is 45.4 Å². The summed E-state index contributed by atoms with van der Waals surface area (Å²) >= 11 is 0. The van der Waals surface area contributed by atoms with Crippen molar-refractivity contribution >= 4 is 19.2 Å². The predicted octanol–water partition coefficient (Wildman–Crippen LogP) is 3.90. The Morgan fingerprint density at radius 2 is 0.838 bits per heavy atom. The zero-order chi connectivity index (χ0) is 29.4. The first-order chi connectivity index (χ1) is 16.8. The van der Waals surface area contributed by atoms with Gasteiger partial charge in [-0.1, -0.05) is 20.8 Å². The van der Waals surface area contributed by atoms with Crippen LogP contribution in [-0.2, 0) is 28.9 Å². The molecule has 12 nitrogen and oxygen atoms in total. The van der Waals surface area contributed by atoms with E-state index in [0.717, 1.165) is 15.2 Å². The van der Waals surface area contributed by atoms with Crippen LogP contribution in [0.4, 0.5) is 0 Å². The first-order valence-corrected chi connectivity index (χ1v) is 12.7. The summed E-state index contributed by atoms with van der Waals surface area (Å²) in [6, 6.07) is -3.69. The molecule has 0 rings (SSSR count). The van der Waals surface area contributed by atoms with E-state index in [1.807, 2.05) is 0 Å². The zero-order valence-corrected chi connectivity index (χ0v) is 24.6. The number of amides is 3. The third-order valence-electron chi connectivity index (χ3n) is 5.45. The highest BCUT2D eigenvalue weighted by Crippen LogP contribution is 2.40. The molecule has 12 heteroatoms. The Hall–Kier alpha value is -2.31. The highest BCUT2D eigenvalue weighted by molar-refractivity contribution is 5.50. The molecular weight excluding hydrogens is 484 g/mol. The first-order valence-electron chi connectivity index (χ1n) is 12.7. The molecule has 37 heavy (non-hydrogen) atoms. The molecule has 0 fully saturated rings. The molecule has 0 aromatic carbocycles. The van der Waals surface area contributed by atoms with Gasteiger partial charge in [0, 0.05) is 4.92 Å². The number of rotatable bonds is 16. The number of nitro groups is 1. The van der Waals surface area contributed by atoms with Crippen molar-refractivity contribution in [3.63, 3.8) is 0 Å². The van der Waals surface area contributed by atoms with Gasteiger partial charge >= 0.3 is 0 Å². The molecule has 3 atom stereocenters. The van der Waals surface area contributed by atoms with Crippen LogP contribution in [0.15, 0.2) is 0 Å². The Kier molecular flexibility index (Phi) is 12.6. The first kappa shape index (κ1) is 34.7. The van der Waals surface area contributed by atoms with E-state index in [1.165, 1.54) is 0 Å². The SMILES string of the molecule is CCC(N(C=O)OC(C)(C)C)C(C(CC)N(C=O)OC(C)(C)C)(C(CC)N(C=O)OC(C)(C)C)[N+](=O)[O-]. The van der Waals surface area contributed by atoms with Gasteiger partial charge in [0.2, 0.25) is 19.2 Å². The Bertz CT molecular complexity index is 669. The number of hydroxylamine groups is 6. The summed E-state index contributed by atoms with van der Waals surface area (Å²) < 4.78 is 0. The summed E-state index contributed by atoms with van der Waals surface area (Å²) in [5.41, 5.74) is -4.82. The van der Waals surface area contributed by atoms with Crippen LogP contribution in [0.3, 0.4) is 0 Å². The van der Waals surface area contributed by atoms with Gasteiger partial charge in [0.1, 0.15) is 18.1 Å². The van der Waals surface area contributed by atoms with E-state index in [2.05, 4.69) is 0 Å². The summed E-state index contributed by atoms with van der Waals surface area (Å²) in [5, 5.41) is 16.2. The van der Waals surface area contributed by atoms with Gasteiger partial charge in [0.25, 0.3) is 5.54 Å². The van der Waals surface area contributed by atoms with E-state index in [-0.39, 0.29) is 19.3 Å². The lowest BCUT2D eigenvalue weighted by Gasteiger charge is -2.50. The molecule has 0 saturated heterocycles. The second kappa shape index (κ2) is 13.5. The van der Waals surface area contributed by atoms with Crippen molar-refractivity contribution in [1.29, 1.82) is 0 Å². The second-order valence-corrected chi connectivity index (χ2v) is 11.9. The van der Waals surface area contributed by atoms with Gasteiger partial charge in [0.15, 0.2) is 0 Å². The zero-order valence-electron chi connectivity index (χ0n) is 24.6. The van der Waals surface area contributed by atoms with Crippen LogP contribution in [0, 0.1) is 10.1 Å². The van der Waals surface area contributed by atoms with E-state index in [1.54, 1.807) is 83.1 Å². The van der Waals surface area contributed by atoms with E-state index in [9.17, 15) is 24.5 Å². The quantitative estimate of drug-likeness (QED) is 0.166. The second-order valence-electron chi connectivity index (χ2n) is 11.9. The number of nitrogens with zero attached hydrogens (tertiary/aromatic N) is 4. The lowest BCUT2D eigenvalue weighted by Crippen LogP contribution is -2.75. The summed E-state index contributed by atoms with van der Waals surface area (Å²) in [6.45, 7) is 20.4. The van der Waals surface area contributed by atoms with Crippen LogP contribution >= 0.6 is 0 Å². The Labute approximate surface area is 221 Å². The maximum Gasteiger partial charge on any atom is 0.289 e. The predicted molar refractivity (Wildman–Crippen MR) is 138 cm³/mol. The average Bonchev–Trinajstić information content (AvgIpc) is 2.74. The summed E-state index contributed by atoms with van der Waals surface area (Å²) in [6.07, 6.45) is 1.36.